The molecule has 0 radical (unpaired) electrons. The van der Waals surface area contributed by atoms with Crippen molar-refractivity contribution in [1.82, 2.24) is 15.1 Å². The Labute approximate surface area is 175 Å². The molecule has 3 aromatic rings. The summed E-state index contributed by atoms with van der Waals surface area (Å²) < 4.78 is 7.49. The Hall–Kier alpha value is -2.73. The molecule has 4 rings (SSSR count). The number of hydrogen-bond acceptors (Lipinski definition) is 4. The van der Waals surface area contributed by atoms with Crippen molar-refractivity contribution < 1.29 is 9.21 Å². The highest BCUT2D eigenvalue weighted by Gasteiger charge is 2.18. The molecule has 0 saturated carbocycles. The van der Waals surface area contributed by atoms with Gasteiger partial charge in [0.1, 0.15) is 5.76 Å². The molecule has 0 aliphatic carbocycles. The van der Waals surface area contributed by atoms with Crippen LogP contribution in [0.2, 0.25) is 5.02 Å². The average Bonchev–Trinajstić information content (AvgIpc) is 3.41. The third kappa shape index (κ3) is 4.17. The Balaban J connectivity index is 1.26. The standard InChI is InChI=1S/C22H25ClN4O2/c1-15-21(23)16(2)27(25-15)14-18-8-9-20(29-18)22(28)24-11-5-12-26-13-10-17-6-3-4-7-19(17)26/h3-4,6-9H,5,10-14H2,1-2H3,(H,24,28). The maximum absolute atomic E-state index is 12.4. The van der Waals surface area contributed by atoms with E-state index < -0.39 is 0 Å². The minimum atomic E-state index is -0.190. The highest BCUT2D eigenvalue weighted by molar-refractivity contribution is 6.31. The first-order valence-corrected chi connectivity index (χ1v) is 10.3. The summed E-state index contributed by atoms with van der Waals surface area (Å²) in [6.07, 6.45) is 1.98. The van der Waals surface area contributed by atoms with Gasteiger partial charge in [-0.15, -0.1) is 0 Å². The lowest BCUT2D eigenvalue weighted by molar-refractivity contribution is 0.0923. The van der Waals surface area contributed by atoms with Crippen LogP contribution in [0.1, 0.15) is 39.7 Å². The maximum Gasteiger partial charge on any atom is 0.286 e. The molecule has 1 aromatic carbocycles. The highest BCUT2D eigenvalue weighted by Crippen LogP contribution is 2.27. The number of benzene rings is 1. The van der Waals surface area contributed by atoms with Crippen molar-refractivity contribution >= 4 is 23.2 Å². The van der Waals surface area contributed by atoms with Crippen molar-refractivity contribution in [2.75, 3.05) is 24.5 Å². The van der Waals surface area contributed by atoms with E-state index in [1.807, 2.05) is 13.8 Å². The predicted octanol–water partition coefficient (Wildman–Crippen LogP) is 3.98. The molecule has 1 aliphatic heterocycles. The fourth-order valence-corrected chi connectivity index (χ4v) is 3.89. The number of rotatable bonds is 7. The van der Waals surface area contributed by atoms with Gasteiger partial charge in [0, 0.05) is 25.3 Å². The number of amides is 1. The van der Waals surface area contributed by atoms with Gasteiger partial charge in [0.2, 0.25) is 0 Å². The third-order valence-corrected chi connectivity index (χ3v) is 5.90. The van der Waals surface area contributed by atoms with Crippen LogP contribution in [0.5, 0.6) is 0 Å². The Morgan fingerprint density at radius 1 is 1.24 bits per heavy atom. The van der Waals surface area contributed by atoms with Gasteiger partial charge in [-0.1, -0.05) is 29.8 Å². The molecule has 0 bridgehead atoms. The van der Waals surface area contributed by atoms with E-state index in [-0.39, 0.29) is 5.91 Å². The average molecular weight is 413 g/mol. The zero-order valence-corrected chi connectivity index (χ0v) is 17.5. The van der Waals surface area contributed by atoms with Gasteiger partial charge in [0.05, 0.1) is 23.0 Å². The third-order valence-electron chi connectivity index (χ3n) is 5.36. The number of fused-ring (bicyclic) bond motifs is 1. The summed E-state index contributed by atoms with van der Waals surface area (Å²) in [5, 5.41) is 8.00. The highest BCUT2D eigenvalue weighted by atomic mass is 35.5. The quantitative estimate of drug-likeness (QED) is 0.596. The lowest BCUT2D eigenvalue weighted by atomic mass is 10.2. The van der Waals surface area contributed by atoms with E-state index in [1.165, 1.54) is 11.3 Å². The van der Waals surface area contributed by atoms with Crippen LogP contribution in [-0.2, 0) is 13.0 Å². The first-order valence-electron chi connectivity index (χ1n) is 9.92. The minimum Gasteiger partial charge on any atom is -0.454 e. The Morgan fingerprint density at radius 2 is 2.07 bits per heavy atom. The smallest absolute Gasteiger partial charge is 0.286 e. The van der Waals surface area contributed by atoms with E-state index in [4.69, 9.17) is 16.0 Å². The number of halogens is 1. The van der Waals surface area contributed by atoms with E-state index in [0.717, 1.165) is 37.3 Å². The molecule has 0 fully saturated rings. The van der Waals surface area contributed by atoms with E-state index in [1.54, 1.807) is 16.8 Å². The first-order chi connectivity index (χ1) is 14.0. The molecule has 152 valence electrons. The van der Waals surface area contributed by atoms with Crippen LogP contribution in [0.4, 0.5) is 5.69 Å². The fraction of sp³-hybridized carbons (Fsp3) is 0.364. The number of furan rings is 1. The second-order valence-electron chi connectivity index (χ2n) is 7.38. The van der Waals surface area contributed by atoms with Crippen molar-refractivity contribution in [3.8, 4) is 0 Å². The number of hydrogen-bond donors (Lipinski definition) is 1. The second-order valence-corrected chi connectivity index (χ2v) is 7.76. The fourth-order valence-electron chi connectivity index (χ4n) is 3.76. The van der Waals surface area contributed by atoms with Crippen molar-refractivity contribution in [3.05, 3.63) is 69.9 Å². The molecule has 1 N–H and O–H groups in total. The molecular weight excluding hydrogens is 388 g/mol. The van der Waals surface area contributed by atoms with Crippen molar-refractivity contribution in [2.45, 2.75) is 33.2 Å². The van der Waals surface area contributed by atoms with Gasteiger partial charge in [-0.05, 0) is 50.5 Å². The van der Waals surface area contributed by atoms with Gasteiger partial charge in [0.25, 0.3) is 5.91 Å². The molecule has 2 aromatic heterocycles. The molecule has 1 aliphatic rings. The van der Waals surface area contributed by atoms with Gasteiger partial charge in [-0.3, -0.25) is 9.48 Å². The maximum atomic E-state index is 12.4. The summed E-state index contributed by atoms with van der Waals surface area (Å²) in [7, 11) is 0. The van der Waals surface area contributed by atoms with Gasteiger partial charge >= 0.3 is 0 Å². The molecule has 0 unspecified atom stereocenters. The predicted molar refractivity (Wildman–Crippen MR) is 114 cm³/mol. The topological polar surface area (TPSA) is 63.3 Å². The van der Waals surface area contributed by atoms with E-state index >= 15 is 0 Å². The molecule has 0 spiro atoms. The van der Waals surface area contributed by atoms with Gasteiger partial charge < -0.3 is 14.6 Å². The Bertz CT molecular complexity index is 1020. The first kappa shape index (κ1) is 19.6. The molecular formula is C22H25ClN4O2. The molecule has 1 amide bonds. The summed E-state index contributed by atoms with van der Waals surface area (Å²) in [5.41, 5.74) is 4.40. The SMILES string of the molecule is Cc1nn(Cc2ccc(C(=O)NCCCN3CCc4ccccc43)o2)c(C)c1Cl. The molecule has 6 nitrogen and oxygen atoms in total. The number of nitrogens with one attached hydrogen (secondary N) is 1. The number of carbonyl (C=O) groups excluding carboxylic acids is 1. The van der Waals surface area contributed by atoms with Crippen molar-refractivity contribution in [2.24, 2.45) is 0 Å². The molecule has 29 heavy (non-hydrogen) atoms. The van der Waals surface area contributed by atoms with Crippen molar-refractivity contribution in [3.63, 3.8) is 0 Å². The number of aromatic nitrogens is 2. The zero-order chi connectivity index (χ0) is 20.4. The summed E-state index contributed by atoms with van der Waals surface area (Å²) >= 11 is 6.18. The van der Waals surface area contributed by atoms with Crippen LogP contribution in [0.25, 0.3) is 0 Å². The van der Waals surface area contributed by atoms with Crippen LogP contribution < -0.4 is 10.2 Å². The molecule has 0 saturated heterocycles. The molecule has 0 atom stereocenters. The van der Waals surface area contributed by atoms with Crippen molar-refractivity contribution in [1.29, 1.82) is 0 Å². The Morgan fingerprint density at radius 3 is 2.86 bits per heavy atom. The number of para-hydroxylation sites is 1. The van der Waals surface area contributed by atoms with Gasteiger partial charge in [-0.2, -0.15) is 5.10 Å². The van der Waals surface area contributed by atoms with E-state index in [0.29, 0.717) is 29.6 Å². The van der Waals surface area contributed by atoms with Crippen LogP contribution >= 0.6 is 11.6 Å². The summed E-state index contributed by atoms with van der Waals surface area (Å²) in [6.45, 7) is 6.82. The minimum absolute atomic E-state index is 0.190. The van der Waals surface area contributed by atoms with Crippen LogP contribution in [0.15, 0.2) is 40.8 Å². The normalized spacial score (nSPS) is 13.0. The van der Waals surface area contributed by atoms with Gasteiger partial charge in [0.15, 0.2) is 5.76 Å². The lowest BCUT2D eigenvalue weighted by Crippen LogP contribution is -2.29. The van der Waals surface area contributed by atoms with Crippen LogP contribution in [0, 0.1) is 13.8 Å². The zero-order valence-electron chi connectivity index (χ0n) is 16.7. The summed E-state index contributed by atoms with van der Waals surface area (Å²) in [6, 6.07) is 12.0. The van der Waals surface area contributed by atoms with Crippen LogP contribution in [0.3, 0.4) is 0 Å². The number of nitrogens with zero attached hydrogens (tertiary/aromatic N) is 3. The summed E-state index contributed by atoms with van der Waals surface area (Å²) in [4.78, 5) is 14.7. The van der Waals surface area contributed by atoms with Crippen LogP contribution in [-0.4, -0.2) is 35.3 Å². The summed E-state index contributed by atoms with van der Waals surface area (Å²) in [5.74, 6) is 0.801. The van der Waals surface area contributed by atoms with E-state index in [9.17, 15) is 4.79 Å². The number of carbonyl (C=O) groups is 1. The Kier molecular flexibility index (Phi) is 5.62. The van der Waals surface area contributed by atoms with Gasteiger partial charge in [-0.25, -0.2) is 0 Å². The van der Waals surface area contributed by atoms with E-state index in [2.05, 4.69) is 39.6 Å². The largest absolute Gasteiger partial charge is 0.454 e. The second kappa shape index (κ2) is 8.33. The molecule has 3 heterocycles. The molecule has 7 heteroatoms. The monoisotopic (exact) mass is 412 g/mol. The number of aryl methyl sites for hydroxylation is 1. The lowest BCUT2D eigenvalue weighted by Gasteiger charge is -2.19. The number of anilines is 1.